The zero-order valence-electron chi connectivity index (χ0n) is 24.3. The van der Waals surface area contributed by atoms with E-state index in [0.29, 0.717) is 70.7 Å². The second-order valence-electron chi connectivity index (χ2n) is 11.4. The van der Waals surface area contributed by atoms with Crippen LogP contribution in [0.5, 0.6) is 17.2 Å². The van der Waals surface area contributed by atoms with Crippen molar-refractivity contribution in [2.45, 2.75) is 77.5 Å². The normalized spacial score (nSPS) is 17.3. The highest BCUT2D eigenvalue weighted by molar-refractivity contribution is 5.77. The van der Waals surface area contributed by atoms with Crippen molar-refractivity contribution in [3.05, 3.63) is 75.5 Å². The summed E-state index contributed by atoms with van der Waals surface area (Å²) >= 11 is 0. The number of aryl methyl sites for hydroxylation is 3. The van der Waals surface area contributed by atoms with Crippen LogP contribution in [-0.4, -0.2) is 39.4 Å². The van der Waals surface area contributed by atoms with Crippen LogP contribution in [0.2, 0.25) is 0 Å². The van der Waals surface area contributed by atoms with Crippen LogP contribution in [0.4, 0.5) is 4.39 Å². The summed E-state index contributed by atoms with van der Waals surface area (Å²) in [4.78, 5) is 24.6. The fraction of sp³-hybridized carbons (Fsp3) is 0.438. The topological polar surface area (TPSA) is 110 Å². The number of rotatable bonds is 9. The molecule has 1 aliphatic rings. The Bertz CT molecular complexity index is 1440. The first kappa shape index (κ1) is 30.3. The summed E-state index contributed by atoms with van der Waals surface area (Å²) < 4.78 is 28.3. The van der Waals surface area contributed by atoms with Crippen LogP contribution in [-0.2, 0) is 17.4 Å². The number of nitrogens with zero attached hydrogens (tertiary/aromatic N) is 1. The number of aromatic nitrogens is 1. The molecule has 0 radical (unpaired) electrons. The molecule has 220 valence electrons. The number of nitrogens with one attached hydrogen (secondary N) is 1. The van der Waals surface area contributed by atoms with Gasteiger partial charge in [0.15, 0.2) is 0 Å². The number of hydrogen-bond donors (Lipinski definition) is 3. The molecule has 0 saturated heterocycles. The highest BCUT2D eigenvalue weighted by Gasteiger charge is 2.26. The highest BCUT2D eigenvalue weighted by atomic mass is 19.1. The van der Waals surface area contributed by atoms with E-state index in [0.717, 1.165) is 0 Å². The molecule has 0 spiro atoms. The van der Waals surface area contributed by atoms with Gasteiger partial charge in [-0.2, -0.15) is 0 Å². The van der Waals surface area contributed by atoms with Crippen LogP contribution in [0.15, 0.2) is 47.4 Å². The highest BCUT2D eigenvalue weighted by Crippen LogP contribution is 2.42. The number of ether oxygens (including phenoxy) is 2. The molecule has 8 nitrogen and oxygen atoms in total. The fourth-order valence-corrected chi connectivity index (χ4v) is 5.20. The van der Waals surface area contributed by atoms with Gasteiger partial charge in [-0.1, -0.05) is 6.07 Å². The predicted molar refractivity (Wildman–Crippen MR) is 155 cm³/mol. The molecule has 1 aromatic heterocycles. The minimum absolute atomic E-state index is 0.0164. The molecule has 1 aliphatic carbocycles. The van der Waals surface area contributed by atoms with Gasteiger partial charge in [-0.25, -0.2) is 4.39 Å². The smallest absolute Gasteiger partial charge is 0.254 e. The molecule has 4 rings (SSSR count). The number of benzene rings is 2. The van der Waals surface area contributed by atoms with Gasteiger partial charge < -0.3 is 29.6 Å². The summed E-state index contributed by atoms with van der Waals surface area (Å²) in [7, 11) is 1.66. The maximum absolute atomic E-state index is 14.0. The van der Waals surface area contributed by atoms with Crippen molar-refractivity contribution in [1.29, 1.82) is 0 Å². The summed E-state index contributed by atoms with van der Waals surface area (Å²) in [6, 6.07) is 9.67. The predicted octanol–water partition coefficient (Wildman–Crippen LogP) is 5.02. The second-order valence-corrected chi connectivity index (χ2v) is 11.4. The summed E-state index contributed by atoms with van der Waals surface area (Å²) in [5.41, 5.74) is 1.77. The van der Waals surface area contributed by atoms with E-state index >= 15 is 0 Å². The van der Waals surface area contributed by atoms with Crippen molar-refractivity contribution in [3.63, 3.8) is 0 Å². The average Bonchev–Trinajstić information content (AvgIpc) is 2.89. The van der Waals surface area contributed by atoms with Gasteiger partial charge in [0.25, 0.3) is 5.56 Å². The molecule has 3 N–H and O–H groups in total. The van der Waals surface area contributed by atoms with E-state index in [1.807, 2.05) is 6.07 Å². The van der Waals surface area contributed by atoms with Gasteiger partial charge in [-0.05, 0) is 94.3 Å². The molecule has 1 amide bonds. The fourth-order valence-electron chi connectivity index (χ4n) is 5.20. The quantitative estimate of drug-likeness (QED) is 0.336. The third kappa shape index (κ3) is 7.34. The molecule has 0 atom stereocenters. The van der Waals surface area contributed by atoms with Gasteiger partial charge in [0.1, 0.15) is 23.1 Å². The van der Waals surface area contributed by atoms with Gasteiger partial charge in [0.2, 0.25) is 5.91 Å². The van der Waals surface area contributed by atoms with Crippen LogP contribution >= 0.6 is 0 Å². The van der Waals surface area contributed by atoms with Crippen molar-refractivity contribution in [1.82, 2.24) is 9.88 Å². The van der Waals surface area contributed by atoms with Crippen LogP contribution < -0.4 is 20.3 Å². The number of amides is 1. The number of aliphatic hydroxyl groups excluding tert-OH is 1. The average molecular weight is 567 g/mol. The molecule has 0 aliphatic heterocycles. The minimum Gasteiger partial charge on any atom is -0.490 e. The van der Waals surface area contributed by atoms with Crippen LogP contribution in [0.1, 0.15) is 62.6 Å². The van der Waals surface area contributed by atoms with Gasteiger partial charge in [-0.3, -0.25) is 9.59 Å². The first-order valence-corrected chi connectivity index (χ1v) is 13.9. The van der Waals surface area contributed by atoms with Crippen LogP contribution in [0, 0.1) is 19.7 Å². The third-order valence-corrected chi connectivity index (χ3v) is 7.48. The van der Waals surface area contributed by atoms with Crippen molar-refractivity contribution in [2.75, 3.05) is 6.61 Å². The standard InChI is InChI=1S/C32H39FN2O6/c1-19-14-22(33)15-20(2)31(19)41-27-11-6-21(32(3,4)39)16-25(27)26-18-35(5)30(38)17-28(26)40-24-9-7-23(8-10-24)34-29(37)12-13-36/h6,11,14-18,23-24,36,39H,7-10,12-13H2,1-5H3,(H,34,37). The maximum Gasteiger partial charge on any atom is 0.254 e. The summed E-state index contributed by atoms with van der Waals surface area (Å²) in [6.45, 7) is 6.75. The van der Waals surface area contributed by atoms with E-state index in [2.05, 4.69) is 5.32 Å². The van der Waals surface area contributed by atoms with Crippen molar-refractivity contribution < 1.29 is 28.9 Å². The molecule has 1 heterocycles. The Labute approximate surface area is 239 Å². The largest absolute Gasteiger partial charge is 0.490 e. The van der Waals surface area contributed by atoms with E-state index in [9.17, 15) is 19.1 Å². The zero-order chi connectivity index (χ0) is 29.9. The van der Waals surface area contributed by atoms with Gasteiger partial charge in [0.05, 0.1) is 18.3 Å². The minimum atomic E-state index is -1.14. The lowest BCUT2D eigenvalue weighted by Crippen LogP contribution is -2.40. The lowest BCUT2D eigenvalue weighted by atomic mass is 9.92. The number of carbonyl (C=O) groups excluding carboxylic acids is 1. The third-order valence-electron chi connectivity index (χ3n) is 7.48. The lowest BCUT2D eigenvalue weighted by Gasteiger charge is -2.30. The molecule has 41 heavy (non-hydrogen) atoms. The van der Waals surface area contributed by atoms with Gasteiger partial charge in [-0.15, -0.1) is 0 Å². The lowest BCUT2D eigenvalue weighted by molar-refractivity contribution is -0.122. The SMILES string of the molecule is Cc1cc(F)cc(C)c1Oc1ccc(C(C)(C)O)cc1-c1cn(C)c(=O)cc1OC1CCC(NC(=O)CCO)CC1. The van der Waals surface area contributed by atoms with E-state index in [4.69, 9.17) is 14.6 Å². The number of pyridine rings is 1. The molecule has 2 aromatic carbocycles. The first-order chi connectivity index (χ1) is 19.3. The van der Waals surface area contributed by atoms with Gasteiger partial charge >= 0.3 is 0 Å². The molecule has 0 bridgehead atoms. The van der Waals surface area contributed by atoms with Crippen LogP contribution in [0.25, 0.3) is 11.1 Å². The maximum atomic E-state index is 14.0. The summed E-state index contributed by atoms with van der Waals surface area (Å²) in [6.07, 6.45) is 4.40. The number of halogens is 1. The van der Waals surface area contributed by atoms with Crippen LogP contribution in [0.3, 0.4) is 0 Å². The Balaban J connectivity index is 1.71. The molecular weight excluding hydrogens is 527 g/mol. The van der Waals surface area contributed by atoms with Gasteiger partial charge in [0, 0.05) is 42.9 Å². The number of hydrogen-bond acceptors (Lipinski definition) is 6. The Morgan fingerprint density at radius 1 is 1.05 bits per heavy atom. The van der Waals surface area contributed by atoms with Crippen molar-refractivity contribution in [3.8, 4) is 28.4 Å². The Kier molecular flexibility index (Phi) is 9.19. The number of aliphatic hydroxyl groups is 2. The second kappa shape index (κ2) is 12.4. The zero-order valence-corrected chi connectivity index (χ0v) is 24.3. The molecule has 3 aromatic rings. The Morgan fingerprint density at radius 3 is 2.32 bits per heavy atom. The molecule has 9 heteroatoms. The van der Waals surface area contributed by atoms with E-state index in [1.54, 1.807) is 53.1 Å². The first-order valence-electron chi connectivity index (χ1n) is 13.9. The van der Waals surface area contributed by atoms with Crippen molar-refractivity contribution in [2.24, 2.45) is 7.05 Å². The molecule has 1 saturated carbocycles. The molecule has 0 unspecified atom stereocenters. The van der Waals surface area contributed by atoms with E-state index in [-0.39, 0.29) is 42.5 Å². The van der Waals surface area contributed by atoms with E-state index < -0.39 is 5.60 Å². The Hall–Kier alpha value is -3.69. The van der Waals surface area contributed by atoms with E-state index in [1.165, 1.54) is 22.8 Å². The summed E-state index contributed by atoms with van der Waals surface area (Å²) in [5, 5.41) is 22.7. The molecule has 1 fully saturated rings. The van der Waals surface area contributed by atoms with Crippen molar-refractivity contribution >= 4 is 5.91 Å². The Morgan fingerprint density at radius 2 is 1.71 bits per heavy atom. The molecular formula is C32H39FN2O6. The monoisotopic (exact) mass is 566 g/mol. The summed E-state index contributed by atoms with van der Waals surface area (Å²) in [5.74, 6) is 0.872. The number of carbonyl (C=O) groups is 1.